The zero-order valence-corrected chi connectivity index (χ0v) is 9.16. The Labute approximate surface area is 94.3 Å². The third-order valence-corrected chi connectivity index (χ3v) is 2.84. The molecule has 5 nitrogen and oxygen atoms in total. The summed E-state index contributed by atoms with van der Waals surface area (Å²) in [5.41, 5.74) is 10.6. The molecule has 2 unspecified atom stereocenters. The van der Waals surface area contributed by atoms with Crippen LogP contribution in [-0.4, -0.2) is 11.9 Å². The number of hydrogen-bond acceptors (Lipinski definition) is 4. The number of rotatable bonds is 2. The molecular formula is C11H16N4O. The van der Waals surface area contributed by atoms with E-state index in [1.165, 1.54) is 11.1 Å². The quantitative estimate of drug-likeness (QED) is 0.318. The normalized spacial score (nSPS) is 24.4. The number of nitrogens with one attached hydrogen (secondary N) is 3. The second-order valence-corrected chi connectivity index (χ2v) is 4.05. The van der Waals surface area contributed by atoms with Gasteiger partial charge in [0.25, 0.3) is 5.91 Å². The molecule has 0 aromatic heterocycles. The number of benzene rings is 1. The van der Waals surface area contributed by atoms with Crippen LogP contribution in [0.3, 0.4) is 0 Å². The molecular weight excluding hydrogens is 204 g/mol. The molecule has 5 N–H and O–H groups in total. The molecule has 2 atom stereocenters. The summed E-state index contributed by atoms with van der Waals surface area (Å²) < 4.78 is 0. The van der Waals surface area contributed by atoms with Crippen LogP contribution in [0.5, 0.6) is 0 Å². The number of hydrogen-bond donors (Lipinski definition) is 4. The number of hydrazine groups is 2. The highest BCUT2D eigenvalue weighted by Gasteiger charge is 2.29. The van der Waals surface area contributed by atoms with Crippen molar-refractivity contribution >= 4 is 5.91 Å². The van der Waals surface area contributed by atoms with Gasteiger partial charge in [-0.05, 0) is 18.9 Å². The van der Waals surface area contributed by atoms with E-state index in [1.807, 2.05) is 0 Å². The lowest BCUT2D eigenvalue weighted by atomic mass is 10.0. The van der Waals surface area contributed by atoms with E-state index in [4.69, 9.17) is 5.84 Å². The molecule has 0 radical (unpaired) electrons. The summed E-state index contributed by atoms with van der Waals surface area (Å²) in [5, 5.41) is 0. The van der Waals surface area contributed by atoms with Gasteiger partial charge in [0.05, 0.1) is 0 Å². The van der Waals surface area contributed by atoms with Gasteiger partial charge >= 0.3 is 0 Å². The monoisotopic (exact) mass is 220 g/mol. The molecule has 86 valence electrons. The van der Waals surface area contributed by atoms with Crippen molar-refractivity contribution in [3.05, 3.63) is 35.4 Å². The zero-order chi connectivity index (χ0) is 11.5. The van der Waals surface area contributed by atoms with Crippen molar-refractivity contribution < 1.29 is 4.79 Å². The maximum absolute atomic E-state index is 11.3. The van der Waals surface area contributed by atoms with Crippen LogP contribution in [0.2, 0.25) is 0 Å². The Morgan fingerprint density at radius 1 is 1.38 bits per heavy atom. The average Bonchev–Trinajstić information content (AvgIpc) is 2.78. The number of carbonyl (C=O) groups is 1. The molecule has 0 saturated carbocycles. The fourth-order valence-electron chi connectivity index (χ4n) is 1.85. The van der Waals surface area contributed by atoms with E-state index in [1.54, 1.807) is 0 Å². The van der Waals surface area contributed by atoms with Crippen LogP contribution in [0, 0.1) is 6.92 Å². The van der Waals surface area contributed by atoms with Crippen LogP contribution in [0.1, 0.15) is 23.6 Å². The highest BCUT2D eigenvalue weighted by atomic mass is 16.2. The van der Waals surface area contributed by atoms with Crippen LogP contribution in [0.25, 0.3) is 0 Å². The number of amides is 1. The summed E-state index contributed by atoms with van der Waals surface area (Å²) in [6, 6.07) is 8.15. The topological polar surface area (TPSA) is 79.2 Å². The molecule has 1 aromatic carbocycles. The van der Waals surface area contributed by atoms with E-state index in [0.717, 1.165) is 0 Å². The van der Waals surface area contributed by atoms with Crippen LogP contribution in [0.15, 0.2) is 24.3 Å². The van der Waals surface area contributed by atoms with E-state index in [-0.39, 0.29) is 18.0 Å². The predicted molar refractivity (Wildman–Crippen MR) is 60.9 cm³/mol. The SMILES string of the molecule is Cc1ccc(C2CC(C(=O)NN)NN2)cc1. The van der Waals surface area contributed by atoms with Gasteiger partial charge in [0.1, 0.15) is 6.04 Å². The Hall–Kier alpha value is -1.43. The molecule has 1 aromatic rings. The van der Waals surface area contributed by atoms with Gasteiger partial charge in [0, 0.05) is 6.04 Å². The molecule has 1 heterocycles. The Morgan fingerprint density at radius 3 is 2.69 bits per heavy atom. The zero-order valence-electron chi connectivity index (χ0n) is 9.16. The molecule has 1 fully saturated rings. The first-order chi connectivity index (χ1) is 7.70. The Balaban J connectivity index is 2.03. The molecule has 5 heteroatoms. The summed E-state index contributed by atoms with van der Waals surface area (Å²) in [7, 11) is 0. The first-order valence-corrected chi connectivity index (χ1v) is 5.29. The van der Waals surface area contributed by atoms with Crippen molar-refractivity contribution in [2.24, 2.45) is 5.84 Å². The molecule has 16 heavy (non-hydrogen) atoms. The maximum Gasteiger partial charge on any atom is 0.252 e. The highest BCUT2D eigenvalue weighted by molar-refractivity contribution is 5.81. The predicted octanol–water partition coefficient (Wildman–Crippen LogP) is -0.107. The van der Waals surface area contributed by atoms with Gasteiger partial charge in [-0.2, -0.15) is 0 Å². The van der Waals surface area contributed by atoms with Crippen LogP contribution >= 0.6 is 0 Å². The van der Waals surface area contributed by atoms with Crippen molar-refractivity contribution in [1.29, 1.82) is 0 Å². The molecule has 1 aliphatic rings. The number of nitrogens with two attached hydrogens (primary N) is 1. The third kappa shape index (κ3) is 2.21. The number of aryl methyl sites for hydroxylation is 1. The largest absolute Gasteiger partial charge is 0.293 e. The summed E-state index contributed by atoms with van der Waals surface area (Å²) in [5.74, 6) is 4.90. The first-order valence-electron chi connectivity index (χ1n) is 5.29. The molecule has 2 rings (SSSR count). The summed E-state index contributed by atoms with van der Waals surface area (Å²) >= 11 is 0. The lowest BCUT2D eigenvalue weighted by Gasteiger charge is -2.09. The maximum atomic E-state index is 11.3. The van der Waals surface area contributed by atoms with Crippen molar-refractivity contribution in [3.63, 3.8) is 0 Å². The molecule has 1 saturated heterocycles. The van der Waals surface area contributed by atoms with Crippen molar-refractivity contribution in [2.75, 3.05) is 0 Å². The molecule has 1 aliphatic heterocycles. The highest BCUT2D eigenvalue weighted by Crippen LogP contribution is 2.22. The Kier molecular flexibility index (Phi) is 3.19. The molecule has 0 bridgehead atoms. The van der Waals surface area contributed by atoms with Crippen molar-refractivity contribution in [1.82, 2.24) is 16.3 Å². The lowest BCUT2D eigenvalue weighted by molar-refractivity contribution is -0.122. The van der Waals surface area contributed by atoms with E-state index >= 15 is 0 Å². The van der Waals surface area contributed by atoms with Crippen LogP contribution < -0.4 is 22.1 Å². The van der Waals surface area contributed by atoms with Crippen LogP contribution in [0.4, 0.5) is 0 Å². The Bertz CT molecular complexity index is 376. The minimum Gasteiger partial charge on any atom is -0.293 e. The fourth-order valence-corrected chi connectivity index (χ4v) is 1.85. The molecule has 1 amide bonds. The van der Waals surface area contributed by atoms with E-state index < -0.39 is 0 Å². The summed E-state index contributed by atoms with van der Waals surface area (Å²) in [4.78, 5) is 11.3. The Morgan fingerprint density at radius 2 is 2.06 bits per heavy atom. The lowest BCUT2D eigenvalue weighted by Crippen LogP contribution is -2.45. The average molecular weight is 220 g/mol. The third-order valence-electron chi connectivity index (χ3n) is 2.84. The second kappa shape index (κ2) is 4.61. The van der Waals surface area contributed by atoms with Crippen LogP contribution in [-0.2, 0) is 4.79 Å². The summed E-state index contributed by atoms with van der Waals surface area (Å²) in [6.45, 7) is 2.05. The number of carbonyl (C=O) groups excluding carboxylic acids is 1. The minimum atomic E-state index is -0.267. The van der Waals surface area contributed by atoms with Gasteiger partial charge in [-0.3, -0.25) is 10.2 Å². The second-order valence-electron chi connectivity index (χ2n) is 4.05. The van der Waals surface area contributed by atoms with E-state index in [0.29, 0.717) is 6.42 Å². The first kappa shape index (κ1) is 11.1. The van der Waals surface area contributed by atoms with E-state index in [2.05, 4.69) is 47.5 Å². The van der Waals surface area contributed by atoms with Gasteiger partial charge in [-0.15, -0.1) is 0 Å². The van der Waals surface area contributed by atoms with Crippen molar-refractivity contribution in [3.8, 4) is 0 Å². The van der Waals surface area contributed by atoms with Crippen molar-refractivity contribution in [2.45, 2.75) is 25.4 Å². The summed E-state index contributed by atoms with van der Waals surface area (Å²) in [6.07, 6.45) is 0.700. The van der Waals surface area contributed by atoms with Gasteiger partial charge < -0.3 is 0 Å². The van der Waals surface area contributed by atoms with Gasteiger partial charge in [0.2, 0.25) is 0 Å². The fraction of sp³-hybridized carbons (Fsp3) is 0.364. The standard InChI is InChI=1S/C11H16N4O/c1-7-2-4-8(5-3-7)9-6-10(15-14-9)11(16)13-12/h2-5,9-10,14-15H,6,12H2,1H3,(H,13,16). The molecule has 0 aliphatic carbocycles. The van der Waals surface area contributed by atoms with Gasteiger partial charge in [-0.25, -0.2) is 16.7 Å². The van der Waals surface area contributed by atoms with Gasteiger partial charge in [0.15, 0.2) is 0 Å². The van der Waals surface area contributed by atoms with E-state index in [9.17, 15) is 4.79 Å². The minimum absolute atomic E-state index is 0.155. The molecule has 0 spiro atoms. The smallest absolute Gasteiger partial charge is 0.252 e. The van der Waals surface area contributed by atoms with Gasteiger partial charge in [-0.1, -0.05) is 29.8 Å².